The monoisotopic (exact) mass is 252 g/mol. The Morgan fingerprint density at radius 1 is 1.33 bits per heavy atom. The summed E-state index contributed by atoms with van der Waals surface area (Å²) in [6.07, 6.45) is 0.327. The van der Waals surface area contributed by atoms with Crippen LogP contribution in [0.4, 0.5) is 11.4 Å². The maximum atomic E-state index is 11.6. The zero-order chi connectivity index (χ0) is 13.4. The zero-order valence-corrected chi connectivity index (χ0v) is 10.9. The van der Waals surface area contributed by atoms with Crippen LogP contribution in [0.3, 0.4) is 0 Å². The summed E-state index contributed by atoms with van der Waals surface area (Å²) in [5.41, 5.74) is 8.06. The lowest BCUT2D eigenvalue weighted by atomic mass is 10.2. The number of anilines is 2. The summed E-state index contributed by atoms with van der Waals surface area (Å²) in [5.74, 6) is -0.0692. The van der Waals surface area contributed by atoms with E-state index in [1.807, 2.05) is 13.0 Å². The molecule has 0 heterocycles. The Morgan fingerprint density at radius 2 is 2.11 bits per heavy atom. The highest BCUT2D eigenvalue weighted by Crippen LogP contribution is 2.17. The smallest absolute Gasteiger partial charge is 0.226 e. The van der Waals surface area contributed by atoms with Crippen molar-refractivity contribution in [1.29, 1.82) is 0 Å². The van der Waals surface area contributed by atoms with Crippen molar-refractivity contribution in [2.24, 2.45) is 0 Å². The lowest BCUT2D eigenvalue weighted by Crippen LogP contribution is -2.15. The first kappa shape index (κ1) is 14.5. The van der Waals surface area contributed by atoms with E-state index in [4.69, 9.17) is 15.2 Å². The number of ether oxygens (including phenoxy) is 2. The van der Waals surface area contributed by atoms with E-state index in [0.29, 0.717) is 31.9 Å². The standard InChI is InChI=1S/C13H20N2O3/c1-10-9-11(14)3-4-12(10)15-13(16)5-6-18-8-7-17-2/h3-4,9H,5-8,14H2,1-2H3,(H,15,16). The summed E-state index contributed by atoms with van der Waals surface area (Å²) < 4.78 is 10.1. The van der Waals surface area contributed by atoms with E-state index in [9.17, 15) is 4.79 Å². The summed E-state index contributed by atoms with van der Waals surface area (Å²) in [4.78, 5) is 11.6. The first-order chi connectivity index (χ1) is 8.63. The van der Waals surface area contributed by atoms with Crippen LogP contribution in [-0.4, -0.2) is 32.8 Å². The number of hydrogen-bond acceptors (Lipinski definition) is 4. The topological polar surface area (TPSA) is 73.6 Å². The van der Waals surface area contributed by atoms with Gasteiger partial charge < -0.3 is 20.5 Å². The normalized spacial score (nSPS) is 10.3. The van der Waals surface area contributed by atoms with Crippen molar-refractivity contribution >= 4 is 17.3 Å². The van der Waals surface area contributed by atoms with Gasteiger partial charge in [0.1, 0.15) is 0 Å². The fourth-order valence-corrected chi connectivity index (χ4v) is 1.45. The highest BCUT2D eigenvalue weighted by atomic mass is 16.5. The predicted molar refractivity (Wildman–Crippen MR) is 71.5 cm³/mol. The molecule has 1 rings (SSSR count). The van der Waals surface area contributed by atoms with Gasteiger partial charge in [0, 0.05) is 18.5 Å². The van der Waals surface area contributed by atoms with Gasteiger partial charge in [-0.3, -0.25) is 4.79 Å². The molecule has 5 heteroatoms. The fraction of sp³-hybridized carbons (Fsp3) is 0.462. The number of carbonyl (C=O) groups excluding carboxylic acids is 1. The van der Waals surface area contributed by atoms with Gasteiger partial charge in [-0.25, -0.2) is 0 Å². The second kappa shape index (κ2) is 7.68. The van der Waals surface area contributed by atoms with Crippen LogP contribution in [0.1, 0.15) is 12.0 Å². The minimum atomic E-state index is -0.0692. The molecule has 0 spiro atoms. The van der Waals surface area contributed by atoms with Gasteiger partial charge in [-0.1, -0.05) is 0 Å². The predicted octanol–water partition coefficient (Wildman–Crippen LogP) is 1.57. The summed E-state index contributed by atoms with van der Waals surface area (Å²) in [6.45, 7) is 3.34. The minimum absolute atomic E-state index is 0.0692. The summed E-state index contributed by atoms with van der Waals surface area (Å²) in [7, 11) is 1.61. The molecule has 0 fully saturated rings. The minimum Gasteiger partial charge on any atom is -0.399 e. The van der Waals surface area contributed by atoms with Crippen molar-refractivity contribution in [1.82, 2.24) is 0 Å². The van der Waals surface area contributed by atoms with E-state index in [-0.39, 0.29) is 5.91 Å². The second-order valence-corrected chi connectivity index (χ2v) is 3.98. The molecule has 0 aromatic heterocycles. The zero-order valence-electron chi connectivity index (χ0n) is 10.9. The van der Waals surface area contributed by atoms with E-state index in [1.165, 1.54) is 0 Å². The average Bonchev–Trinajstić information content (AvgIpc) is 2.32. The van der Waals surface area contributed by atoms with Crippen LogP contribution in [0.25, 0.3) is 0 Å². The number of hydrogen-bond donors (Lipinski definition) is 2. The Kier molecular flexibility index (Phi) is 6.18. The molecule has 0 aliphatic rings. The third-order valence-electron chi connectivity index (χ3n) is 2.43. The third kappa shape index (κ3) is 5.16. The summed E-state index contributed by atoms with van der Waals surface area (Å²) in [5, 5.41) is 2.82. The van der Waals surface area contributed by atoms with E-state index >= 15 is 0 Å². The molecule has 1 aromatic rings. The van der Waals surface area contributed by atoms with Crippen molar-refractivity contribution in [3.63, 3.8) is 0 Å². The number of rotatable bonds is 7. The Balaban J connectivity index is 2.31. The molecule has 3 N–H and O–H groups in total. The number of nitrogens with one attached hydrogen (secondary N) is 1. The van der Waals surface area contributed by atoms with Crippen molar-refractivity contribution in [3.8, 4) is 0 Å². The van der Waals surface area contributed by atoms with Crippen LogP contribution in [0, 0.1) is 6.92 Å². The van der Waals surface area contributed by atoms with Gasteiger partial charge in [0.25, 0.3) is 0 Å². The molecule has 0 saturated carbocycles. The lowest BCUT2D eigenvalue weighted by molar-refractivity contribution is -0.117. The quantitative estimate of drug-likeness (QED) is 0.570. The Hall–Kier alpha value is -1.59. The van der Waals surface area contributed by atoms with E-state index < -0.39 is 0 Å². The van der Waals surface area contributed by atoms with Crippen LogP contribution in [-0.2, 0) is 14.3 Å². The Labute approximate surface area is 107 Å². The van der Waals surface area contributed by atoms with Crippen LogP contribution < -0.4 is 11.1 Å². The van der Waals surface area contributed by atoms with Crippen molar-refractivity contribution < 1.29 is 14.3 Å². The number of methoxy groups -OCH3 is 1. The molecule has 5 nitrogen and oxygen atoms in total. The Bertz CT molecular complexity index is 394. The van der Waals surface area contributed by atoms with Gasteiger partial charge in [-0.2, -0.15) is 0 Å². The van der Waals surface area contributed by atoms with Crippen LogP contribution in [0.5, 0.6) is 0 Å². The van der Waals surface area contributed by atoms with Gasteiger partial charge in [0.2, 0.25) is 5.91 Å². The molecule has 0 bridgehead atoms. The van der Waals surface area contributed by atoms with Crippen LogP contribution >= 0.6 is 0 Å². The SMILES string of the molecule is COCCOCCC(=O)Nc1ccc(N)cc1C. The summed E-state index contributed by atoms with van der Waals surface area (Å²) in [6, 6.07) is 5.39. The molecular formula is C13H20N2O3. The highest BCUT2D eigenvalue weighted by Gasteiger charge is 2.04. The molecule has 0 aliphatic carbocycles. The number of benzene rings is 1. The molecule has 0 saturated heterocycles. The molecular weight excluding hydrogens is 232 g/mol. The molecule has 1 aromatic carbocycles. The van der Waals surface area contributed by atoms with Crippen LogP contribution in [0.2, 0.25) is 0 Å². The van der Waals surface area contributed by atoms with Gasteiger partial charge in [0.15, 0.2) is 0 Å². The molecule has 18 heavy (non-hydrogen) atoms. The molecule has 0 radical (unpaired) electrons. The maximum Gasteiger partial charge on any atom is 0.226 e. The highest BCUT2D eigenvalue weighted by molar-refractivity contribution is 5.91. The van der Waals surface area contributed by atoms with Gasteiger partial charge in [0.05, 0.1) is 26.2 Å². The molecule has 0 aliphatic heterocycles. The molecule has 100 valence electrons. The van der Waals surface area contributed by atoms with Crippen molar-refractivity contribution in [2.45, 2.75) is 13.3 Å². The number of nitrogens with two attached hydrogens (primary N) is 1. The van der Waals surface area contributed by atoms with Gasteiger partial charge in [-0.15, -0.1) is 0 Å². The lowest BCUT2D eigenvalue weighted by Gasteiger charge is -2.09. The van der Waals surface area contributed by atoms with Crippen LogP contribution in [0.15, 0.2) is 18.2 Å². The first-order valence-electron chi connectivity index (χ1n) is 5.86. The summed E-state index contributed by atoms with van der Waals surface area (Å²) >= 11 is 0. The van der Waals surface area contributed by atoms with E-state index in [1.54, 1.807) is 19.2 Å². The molecule has 1 amide bonds. The number of aryl methyl sites for hydroxylation is 1. The van der Waals surface area contributed by atoms with Gasteiger partial charge >= 0.3 is 0 Å². The van der Waals surface area contributed by atoms with Gasteiger partial charge in [-0.05, 0) is 30.7 Å². The Morgan fingerprint density at radius 3 is 2.78 bits per heavy atom. The van der Waals surface area contributed by atoms with Crippen molar-refractivity contribution in [2.75, 3.05) is 38.0 Å². The number of carbonyl (C=O) groups is 1. The van der Waals surface area contributed by atoms with E-state index in [2.05, 4.69) is 5.32 Å². The first-order valence-corrected chi connectivity index (χ1v) is 5.86. The largest absolute Gasteiger partial charge is 0.399 e. The van der Waals surface area contributed by atoms with E-state index in [0.717, 1.165) is 11.3 Å². The third-order valence-corrected chi connectivity index (χ3v) is 2.43. The maximum absolute atomic E-state index is 11.6. The average molecular weight is 252 g/mol. The molecule has 0 unspecified atom stereocenters. The number of nitrogen functional groups attached to an aromatic ring is 1. The number of amides is 1. The fourth-order valence-electron chi connectivity index (χ4n) is 1.45. The second-order valence-electron chi connectivity index (χ2n) is 3.98. The van der Waals surface area contributed by atoms with Crippen molar-refractivity contribution in [3.05, 3.63) is 23.8 Å². The molecule has 0 atom stereocenters.